The highest BCUT2D eigenvalue weighted by Gasteiger charge is 2.35. The second-order valence-electron chi connectivity index (χ2n) is 5.20. The molecule has 2 rings (SSSR count). The maximum atomic E-state index is 12.4. The van der Waals surface area contributed by atoms with Gasteiger partial charge in [0.25, 0.3) is 0 Å². The van der Waals surface area contributed by atoms with Crippen molar-refractivity contribution >= 4 is 16.3 Å². The average Bonchev–Trinajstić information content (AvgIpc) is 2.40. The highest BCUT2D eigenvalue weighted by molar-refractivity contribution is 7.89. The largest absolute Gasteiger partial charge is 0.303 e. The molecule has 0 radical (unpaired) electrons. The molecule has 0 N–H and O–H groups in total. The van der Waals surface area contributed by atoms with Gasteiger partial charge >= 0.3 is 0 Å². The minimum Gasteiger partial charge on any atom is -0.303 e. The molecule has 17 heavy (non-hydrogen) atoms. The summed E-state index contributed by atoms with van der Waals surface area (Å²) in [6.07, 6.45) is 7.35. The summed E-state index contributed by atoms with van der Waals surface area (Å²) in [6, 6.07) is 0. The number of carbonyl (C=O) groups excluding carboxylic acids is 1. The van der Waals surface area contributed by atoms with Gasteiger partial charge in [-0.3, -0.25) is 0 Å². The van der Waals surface area contributed by atoms with E-state index in [1.54, 1.807) is 4.31 Å². The second-order valence-corrected chi connectivity index (χ2v) is 7.41. The summed E-state index contributed by atoms with van der Waals surface area (Å²) in [5.74, 6) is -0.0953. The molecule has 1 aliphatic heterocycles. The molecule has 0 aromatic heterocycles. The summed E-state index contributed by atoms with van der Waals surface area (Å²) in [5, 5.41) is -0.193. The average molecular weight is 259 g/mol. The molecule has 2 aliphatic rings. The van der Waals surface area contributed by atoms with Crippen molar-refractivity contribution < 1.29 is 13.2 Å². The summed E-state index contributed by atoms with van der Waals surface area (Å²) in [5.41, 5.74) is 0. The summed E-state index contributed by atoms with van der Waals surface area (Å²) in [6.45, 7) is 1.01. The molecule has 1 aliphatic carbocycles. The van der Waals surface area contributed by atoms with Crippen LogP contribution < -0.4 is 0 Å². The monoisotopic (exact) mass is 259 g/mol. The lowest BCUT2D eigenvalue weighted by molar-refractivity contribution is -0.112. The summed E-state index contributed by atoms with van der Waals surface area (Å²) in [4.78, 5) is 10.8. The molecule has 0 aromatic rings. The molecule has 1 heterocycles. The van der Waals surface area contributed by atoms with Crippen molar-refractivity contribution in [1.82, 2.24) is 4.31 Å². The van der Waals surface area contributed by atoms with Crippen molar-refractivity contribution in [3.8, 4) is 0 Å². The second kappa shape index (κ2) is 5.48. The third-order valence-electron chi connectivity index (χ3n) is 3.95. The minimum atomic E-state index is -3.15. The molecule has 4 nitrogen and oxygen atoms in total. The first-order valence-electron chi connectivity index (χ1n) is 6.59. The molecule has 0 bridgehead atoms. The SMILES string of the molecule is O=CC1CCCN(S(=O)(=O)C2CCCCC2)C1. The van der Waals surface area contributed by atoms with Crippen molar-refractivity contribution in [3.63, 3.8) is 0 Å². The third-order valence-corrected chi connectivity index (χ3v) is 6.31. The van der Waals surface area contributed by atoms with E-state index in [2.05, 4.69) is 0 Å². The zero-order chi connectivity index (χ0) is 12.3. The standard InChI is InChI=1S/C12H21NO3S/c14-10-11-5-4-8-13(9-11)17(15,16)12-6-2-1-3-7-12/h10-12H,1-9H2. The van der Waals surface area contributed by atoms with Gasteiger partial charge in [0, 0.05) is 19.0 Å². The van der Waals surface area contributed by atoms with Gasteiger partial charge in [-0.15, -0.1) is 0 Å². The molecule has 0 aromatic carbocycles. The van der Waals surface area contributed by atoms with E-state index in [4.69, 9.17) is 0 Å². The van der Waals surface area contributed by atoms with Crippen LogP contribution in [0.1, 0.15) is 44.9 Å². The van der Waals surface area contributed by atoms with E-state index < -0.39 is 10.0 Å². The Bertz CT molecular complexity index is 360. The summed E-state index contributed by atoms with van der Waals surface area (Å²) in [7, 11) is -3.15. The van der Waals surface area contributed by atoms with E-state index in [1.165, 1.54) is 0 Å². The van der Waals surface area contributed by atoms with Crippen LogP contribution in [0, 0.1) is 5.92 Å². The van der Waals surface area contributed by atoms with Gasteiger partial charge in [-0.05, 0) is 25.7 Å². The normalized spacial score (nSPS) is 29.1. The van der Waals surface area contributed by atoms with E-state index in [0.29, 0.717) is 13.1 Å². The van der Waals surface area contributed by atoms with Crippen LogP contribution in [0.5, 0.6) is 0 Å². The van der Waals surface area contributed by atoms with Crippen LogP contribution in [0.15, 0.2) is 0 Å². The molecular weight excluding hydrogens is 238 g/mol. The molecule has 98 valence electrons. The van der Waals surface area contributed by atoms with Gasteiger partial charge in [-0.25, -0.2) is 12.7 Å². The van der Waals surface area contributed by atoms with Crippen molar-refractivity contribution in [2.75, 3.05) is 13.1 Å². The number of nitrogens with zero attached hydrogens (tertiary/aromatic N) is 1. The lowest BCUT2D eigenvalue weighted by atomic mass is 10.0. The van der Waals surface area contributed by atoms with Crippen molar-refractivity contribution in [1.29, 1.82) is 0 Å². The zero-order valence-electron chi connectivity index (χ0n) is 10.2. The first kappa shape index (κ1) is 13.0. The molecule has 1 saturated heterocycles. The van der Waals surface area contributed by atoms with Gasteiger partial charge in [0.05, 0.1) is 5.25 Å². The third kappa shape index (κ3) is 2.88. The first-order valence-corrected chi connectivity index (χ1v) is 8.09. The Morgan fingerprint density at radius 1 is 1.00 bits per heavy atom. The first-order chi connectivity index (χ1) is 8.14. The number of carbonyl (C=O) groups is 1. The molecule has 1 atom stereocenters. The minimum absolute atomic E-state index is 0.0953. The van der Waals surface area contributed by atoms with Crippen molar-refractivity contribution in [2.45, 2.75) is 50.2 Å². The smallest absolute Gasteiger partial charge is 0.217 e. The van der Waals surface area contributed by atoms with Crippen LogP contribution in [0.3, 0.4) is 0 Å². The Morgan fingerprint density at radius 3 is 2.35 bits per heavy atom. The van der Waals surface area contributed by atoms with Crippen LogP contribution in [0.2, 0.25) is 0 Å². The van der Waals surface area contributed by atoms with Gasteiger partial charge in [-0.1, -0.05) is 19.3 Å². The predicted molar refractivity (Wildman–Crippen MR) is 66.2 cm³/mol. The quantitative estimate of drug-likeness (QED) is 0.723. The molecule has 0 amide bonds. The van der Waals surface area contributed by atoms with Crippen molar-refractivity contribution in [3.05, 3.63) is 0 Å². The Balaban J connectivity index is 2.05. The van der Waals surface area contributed by atoms with Gasteiger partial charge < -0.3 is 4.79 Å². The highest BCUT2D eigenvalue weighted by Crippen LogP contribution is 2.28. The number of hydrogen-bond acceptors (Lipinski definition) is 3. The fourth-order valence-electron chi connectivity index (χ4n) is 2.89. The Labute approximate surface area is 103 Å². The van der Waals surface area contributed by atoms with E-state index in [0.717, 1.165) is 51.2 Å². The molecule has 0 spiro atoms. The van der Waals surface area contributed by atoms with Gasteiger partial charge in [0.2, 0.25) is 10.0 Å². The van der Waals surface area contributed by atoms with Crippen LogP contribution >= 0.6 is 0 Å². The Morgan fingerprint density at radius 2 is 1.71 bits per heavy atom. The van der Waals surface area contributed by atoms with Crippen LogP contribution in [-0.2, 0) is 14.8 Å². The molecule has 1 unspecified atom stereocenters. The predicted octanol–water partition coefficient (Wildman–Crippen LogP) is 1.56. The fraction of sp³-hybridized carbons (Fsp3) is 0.917. The highest BCUT2D eigenvalue weighted by atomic mass is 32.2. The van der Waals surface area contributed by atoms with E-state index in [9.17, 15) is 13.2 Å². The fourth-order valence-corrected chi connectivity index (χ4v) is 5.02. The summed E-state index contributed by atoms with van der Waals surface area (Å²) >= 11 is 0. The number of sulfonamides is 1. The zero-order valence-corrected chi connectivity index (χ0v) is 11.0. The Kier molecular flexibility index (Phi) is 4.20. The molecule has 2 fully saturated rings. The van der Waals surface area contributed by atoms with Gasteiger partial charge in [-0.2, -0.15) is 0 Å². The van der Waals surface area contributed by atoms with E-state index in [-0.39, 0.29) is 11.2 Å². The number of rotatable bonds is 3. The van der Waals surface area contributed by atoms with Crippen LogP contribution in [-0.4, -0.2) is 37.3 Å². The van der Waals surface area contributed by atoms with Crippen molar-refractivity contribution in [2.24, 2.45) is 5.92 Å². The number of aldehydes is 1. The molecular formula is C12H21NO3S. The van der Waals surface area contributed by atoms with Gasteiger partial charge in [0.15, 0.2) is 0 Å². The van der Waals surface area contributed by atoms with E-state index >= 15 is 0 Å². The van der Waals surface area contributed by atoms with Crippen LogP contribution in [0.4, 0.5) is 0 Å². The lowest BCUT2D eigenvalue weighted by Gasteiger charge is -2.33. The number of piperidine rings is 1. The van der Waals surface area contributed by atoms with Crippen LogP contribution in [0.25, 0.3) is 0 Å². The van der Waals surface area contributed by atoms with E-state index in [1.807, 2.05) is 0 Å². The molecule has 5 heteroatoms. The topological polar surface area (TPSA) is 54.5 Å². The lowest BCUT2D eigenvalue weighted by Crippen LogP contribution is -2.45. The maximum Gasteiger partial charge on any atom is 0.217 e. The maximum absolute atomic E-state index is 12.4. The Hall–Kier alpha value is -0.420. The summed E-state index contributed by atoms with van der Waals surface area (Å²) < 4.78 is 26.4. The van der Waals surface area contributed by atoms with Gasteiger partial charge in [0.1, 0.15) is 6.29 Å². The molecule has 1 saturated carbocycles. The number of hydrogen-bond donors (Lipinski definition) is 0.